The van der Waals surface area contributed by atoms with Crippen LogP contribution in [0, 0.1) is 12.8 Å². The summed E-state index contributed by atoms with van der Waals surface area (Å²) in [6, 6.07) is 8.67. The lowest BCUT2D eigenvalue weighted by atomic mass is 9.99. The van der Waals surface area contributed by atoms with Crippen molar-refractivity contribution in [3.63, 3.8) is 0 Å². The second-order valence-electron chi connectivity index (χ2n) is 5.84. The summed E-state index contributed by atoms with van der Waals surface area (Å²) < 4.78 is 3.25. The minimum Gasteiger partial charge on any atom is -0.320 e. The van der Waals surface area contributed by atoms with Crippen molar-refractivity contribution >= 4 is 11.6 Å². The molecule has 3 N–H and O–H groups in total. The smallest absolute Gasteiger partial charge is 0.295 e. The summed E-state index contributed by atoms with van der Waals surface area (Å²) in [7, 11) is 1.79. The first-order valence-corrected chi connectivity index (χ1v) is 7.79. The van der Waals surface area contributed by atoms with E-state index in [1.807, 2.05) is 44.2 Å². The third-order valence-corrected chi connectivity index (χ3v) is 4.36. The van der Waals surface area contributed by atoms with Crippen LogP contribution in [0.1, 0.15) is 26.0 Å². The van der Waals surface area contributed by atoms with Crippen LogP contribution in [0.15, 0.2) is 35.1 Å². The van der Waals surface area contributed by atoms with Gasteiger partial charge in [-0.15, -0.1) is 0 Å². The van der Waals surface area contributed by atoms with Crippen molar-refractivity contribution in [2.24, 2.45) is 18.7 Å². The number of aromatic nitrogens is 2. The minimum atomic E-state index is -0.635. The highest BCUT2D eigenvalue weighted by Crippen LogP contribution is 2.15. The van der Waals surface area contributed by atoms with E-state index in [1.54, 1.807) is 18.7 Å². The number of rotatable bonds is 5. The van der Waals surface area contributed by atoms with E-state index in [1.165, 1.54) is 4.68 Å². The zero-order valence-corrected chi connectivity index (χ0v) is 14.0. The Morgan fingerprint density at radius 3 is 2.48 bits per heavy atom. The second-order valence-corrected chi connectivity index (χ2v) is 5.84. The molecule has 0 fully saturated rings. The van der Waals surface area contributed by atoms with Gasteiger partial charge in [-0.2, -0.15) is 0 Å². The number of carbonyl (C=O) groups excluding carboxylic acids is 1. The van der Waals surface area contributed by atoms with Crippen molar-refractivity contribution in [2.75, 3.05) is 5.32 Å². The van der Waals surface area contributed by atoms with Crippen LogP contribution in [-0.4, -0.2) is 21.3 Å². The van der Waals surface area contributed by atoms with E-state index >= 15 is 0 Å². The molecule has 2 aromatic rings. The van der Waals surface area contributed by atoms with Gasteiger partial charge in [-0.05, 0) is 25.0 Å². The Bertz CT molecular complexity index is 746. The fourth-order valence-corrected chi connectivity index (χ4v) is 2.43. The van der Waals surface area contributed by atoms with E-state index in [2.05, 4.69) is 5.32 Å². The Kier molecular flexibility index (Phi) is 5.05. The summed E-state index contributed by atoms with van der Waals surface area (Å²) in [6.45, 7) is 5.70. The number of carbonyl (C=O) groups is 1. The van der Waals surface area contributed by atoms with Crippen molar-refractivity contribution < 1.29 is 4.79 Å². The van der Waals surface area contributed by atoms with E-state index in [9.17, 15) is 9.59 Å². The maximum atomic E-state index is 12.7. The van der Waals surface area contributed by atoms with Crippen molar-refractivity contribution in [3.8, 4) is 5.69 Å². The van der Waals surface area contributed by atoms with Crippen molar-refractivity contribution in [1.29, 1.82) is 0 Å². The standard InChI is InChI=1S/C17H24N4O2/c1-5-11(2)14(18)16(22)19-15-12(3)20(4)21(17(15)23)13-9-7-6-8-10-13/h6-11,14H,5,18H2,1-4H3,(H,19,22). The molecule has 1 heterocycles. The molecule has 6 nitrogen and oxygen atoms in total. The molecule has 2 rings (SSSR count). The minimum absolute atomic E-state index is 0.0513. The summed E-state index contributed by atoms with van der Waals surface area (Å²) >= 11 is 0. The van der Waals surface area contributed by atoms with Gasteiger partial charge < -0.3 is 11.1 Å². The second kappa shape index (κ2) is 6.83. The molecule has 6 heteroatoms. The lowest BCUT2D eigenvalue weighted by Gasteiger charge is -2.17. The zero-order valence-electron chi connectivity index (χ0n) is 14.0. The Morgan fingerprint density at radius 1 is 1.30 bits per heavy atom. The Labute approximate surface area is 135 Å². The number of nitrogens with one attached hydrogen (secondary N) is 1. The summed E-state index contributed by atoms with van der Waals surface area (Å²) in [4.78, 5) is 25.0. The first-order valence-electron chi connectivity index (χ1n) is 7.79. The number of nitrogens with zero attached hydrogens (tertiary/aromatic N) is 2. The average molecular weight is 316 g/mol. The molecule has 2 unspecified atom stereocenters. The first kappa shape index (κ1) is 17.0. The van der Waals surface area contributed by atoms with Crippen molar-refractivity contribution in [1.82, 2.24) is 9.36 Å². The monoisotopic (exact) mass is 316 g/mol. The van der Waals surface area contributed by atoms with E-state index in [0.717, 1.165) is 12.1 Å². The fraction of sp³-hybridized carbons (Fsp3) is 0.412. The first-order chi connectivity index (χ1) is 10.9. The van der Waals surface area contributed by atoms with Crippen LogP contribution >= 0.6 is 0 Å². The number of hydrogen-bond donors (Lipinski definition) is 2. The molecule has 1 aromatic carbocycles. The van der Waals surface area contributed by atoms with Gasteiger partial charge in [-0.3, -0.25) is 14.3 Å². The fourth-order valence-electron chi connectivity index (χ4n) is 2.43. The van der Waals surface area contributed by atoms with Crippen LogP contribution < -0.4 is 16.6 Å². The zero-order chi connectivity index (χ0) is 17.1. The van der Waals surface area contributed by atoms with Crippen molar-refractivity contribution in [2.45, 2.75) is 33.2 Å². The third-order valence-electron chi connectivity index (χ3n) is 4.36. The number of para-hydroxylation sites is 1. The highest BCUT2D eigenvalue weighted by Gasteiger charge is 2.23. The maximum absolute atomic E-state index is 12.7. The highest BCUT2D eigenvalue weighted by atomic mass is 16.2. The quantitative estimate of drug-likeness (QED) is 0.882. The number of nitrogens with two attached hydrogens (primary N) is 1. The van der Waals surface area contributed by atoms with E-state index in [4.69, 9.17) is 5.73 Å². The molecule has 0 spiro atoms. The summed E-state index contributed by atoms with van der Waals surface area (Å²) in [5.41, 5.74) is 7.39. The predicted octanol–water partition coefficient (Wildman–Crippen LogP) is 1.80. The van der Waals surface area contributed by atoms with Gasteiger partial charge in [0.05, 0.1) is 17.4 Å². The van der Waals surface area contributed by atoms with Gasteiger partial charge in [0.15, 0.2) is 0 Å². The molecule has 124 valence electrons. The molecule has 1 aromatic heterocycles. The largest absolute Gasteiger partial charge is 0.320 e. The number of amides is 1. The number of anilines is 1. The summed E-state index contributed by atoms with van der Waals surface area (Å²) in [5, 5.41) is 2.71. The van der Waals surface area contributed by atoms with Crippen LogP contribution in [0.3, 0.4) is 0 Å². The molecule has 0 radical (unpaired) electrons. The van der Waals surface area contributed by atoms with E-state index in [0.29, 0.717) is 5.69 Å². The summed E-state index contributed by atoms with van der Waals surface area (Å²) in [6.07, 6.45) is 0.802. The average Bonchev–Trinajstić information content (AvgIpc) is 2.77. The van der Waals surface area contributed by atoms with Gasteiger partial charge in [0.2, 0.25) is 5.91 Å². The molecule has 0 saturated carbocycles. The molecule has 0 aliphatic carbocycles. The molecule has 0 aliphatic rings. The molecule has 0 bridgehead atoms. The lowest BCUT2D eigenvalue weighted by Crippen LogP contribution is -2.41. The molecular formula is C17H24N4O2. The molecule has 1 amide bonds. The number of benzene rings is 1. The molecular weight excluding hydrogens is 292 g/mol. The highest BCUT2D eigenvalue weighted by molar-refractivity contribution is 5.95. The number of hydrogen-bond acceptors (Lipinski definition) is 3. The third kappa shape index (κ3) is 3.22. The molecule has 23 heavy (non-hydrogen) atoms. The normalized spacial score (nSPS) is 13.6. The van der Waals surface area contributed by atoms with Crippen LogP contribution in [0.4, 0.5) is 5.69 Å². The lowest BCUT2D eigenvalue weighted by molar-refractivity contribution is -0.118. The van der Waals surface area contributed by atoms with Gasteiger partial charge in [0.25, 0.3) is 5.56 Å². The maximum Gasteiger partial charge on any atom is 0.295 e. The van der Waals surface area contributed by atoms with Gasteiger partial charge in [-0.1, -0.05) is 38.5 Å². The SMILES string of the molecule is CCC(C)C(N)C(=O)Nc1c(C)n(C)n(-c2ccccc2)c1=O. The van der Waals surface area contributed by atoms with Gasteiger partial charge in [-0.25, -0.2) is 4.68 Å². The Morgan fingerprint density at radius 2 is 1.91 bits per heavy atom. The predicted molar refractivity (Wildman–Crippen MR) is 91.8 cm³/mol. The van der Waals surface area contributed by atoms with Crippen LogP contribution in [-0.2, 0) is 11.8 Å². The van der Waals surface area contributed by atoms with E-state index < -0.39 is 6.04 Å². The topological polar surface area (TPSA) is 82.1 Å². The molecule has 0 saturated heterocycles. The Hall–Kier alpha value is -2.34. The Balaban J connectivity index is 2.39. The van der Waals surface area contributed by atoms with Gasteiger partial charge >= 0.3 is 0 Å². The van der Waals surface area contributed by atoms with Crippen LogP contribution in [0.5, 0.6) is 0 Å². The van der Waals surface area contributed by atoms with Crippen LogP contribution in [0.2, 0.25) is 0 Å². The molecule has 0 aliphatic heterocycles. The van der Waals surface area contributed by atoms with Gasteiger partial charge in [0.1, 0.15) is 5.69 Å². The summed E-state index contributed by atoms with van der Waals surface area (Å²) in [5.74, 6) is -0.277. The van der Waals surface area contributed by atoms with Crippen LogP contribution in [0.25, 0.3) is 5.69 Å². The molecule has 2 atom stereocenters. The van der Waals surface area contributed by atoms with Crippen molar-refractivity contribution in [3.05, 3.63) is 46.4 Å². The van der Waals surface area contributed by atoms with Gasteiger partial charge in [0, 0.05) is 7.05 Å². The van der Waals surface area contributed by atoms with E-state index in [-0.39, 0.29) is 23.1 Å².